The molecule has 1 aromatic heterocycles. The van der Waals surface area contributed by atoms with Gasteiger partial charge in [0.1, 0.15) is 11.5 Å². The van der Waals surface area contributed by atoms with Crippen molar-refractivity contribution in [3.05, 3.63) is 94.8 Å². The minimum Gasteiger partial charge on any atom is -0.481 e. The molecule has 0 aliphatic rings. The second-order valence-electron chi connectivity index (χ2n) is 6.19. The number of pyridine rings is 1. The van der Waals surface area contributed by atoms with E-state index in [2.05, 4.69) is 15.5 Å². The number of hydrazone groups is 1. The molecule has 0 saturated heterocycles. The van der Waals surface area contributed by atoms with Gasteiger partial charge in [0.2, 0.25) is 0 Å². The van der Waals surface area contributed by atoms with Crippen LogP contribution in [0.25, 0.3) is 0 Å². The summed E-state index contributed by atoms with van der Waals surface area (Å²) in [6, 6.07) is 20.4. The predicted octanol–water partition coefficient (Wildman–Crippen LogP) is 4.38. The number of nitrogens with zero attached hydrogens (tertiary/aromatic N) is 2. The Hall–Kier alpha value is -3.18. The van der Waals surface area contributed by atoms with E-state index >= 15 is 0 Å². The van der Waals surface area contributed by atoms with Crippen LogP contribution >= 0.6 is 11.6 Å². The molecule has 5 nitrogen and oxygen atoms in total. The number of ether oxygens (including phenoxy) is 1. The van der Waals surface area contributed by atoms with E-state index in [1.165, 1.54) is 0 Å². The average Bonchev–Trinajstić information content (AvgIpc) is 2.71. The first-order valence-corrected chi connectivity index (χ1v) is 9.19. The van der Waals surface area contributed by atoms with Crippen molar-refractivity contribution in [3.63, 3.8) is 0 Å². The van der Waals surface area contributed by atoms with Crippen molar-refractivity contribution in [2.45, 2.75) is 20.0 Å². The minimum absolute atomic E-state index is 0.362. The Labute approximate surface area is 169 Å². The fourth-order valence-corrected chi connectivity index (χ4v) is 2.79. The molecule has 1 amide bonds. The lowest BCUT2D eigenvalue weighted by Gasteiger charge is -2.15. The molecule has 0 aliphatic heterocycles. The Morgan fingerprint density at radius 1 is 1.11 bits per heavy atom. The highest BCUT2D eigenvalue weighted by molar-refractivity contribution is 6.30. The fraction of sp³-hybridized carbons (Fsp3) is 0.136. The zero-order valence-electron chi connectivity index (χ0n) is 15.6. The molecule has 2 aromatic carbocycles. The topological polar surface area (TPSA) is 63.6 Å². The van der Waals surface area contributed by atoms with Gasteiger partial charge >= 0.3 is 0 Å². The van der Waals surface area contributed by atoms with Crippen molar-refractivity contribution in [1.29, 1.82) is 0 Å². The van der Waals surface area contributed by atoms with Gasteiger partial charge in [-0.15, -0.1) is 0 Å². The van der Waals surface area contributed by atoms with Crippen LogP contribution in [0.15, 0.2) is 78.0 Å². The summed E-state index contributed by atoms with van der Waals surface area (Å²) in [7, 11) is 0. The molecule has 142 valence electrons. The highest BCUT2D eigenvalue weighted by atomic mass is 35.5. The average molecular weight is 394 g/mol. The highest BCUT2D eigenvalue weighted by Crippen LogP contribution is 2.22. The molecule has 0 radical (unpaired) electrons. The van der Waals surface area contributed by atoms with E-state index in [1.807, 2.05) is 55.5 Å². The number of amides is 1. The van der Waals surface area contributed by atoms with Crippen LogP contribution in [-0.4, -0.2) is 22.7 Å². The van der Waals surface area contributed by atoms with Gasteiger partial charge in [-0.1, -0.05) is 48.0 Å². The maximum absolute atomic E-state index is 12.5. The number of aromatic nitrogens is 1. The van der Waals surface area contributed by atoms with Crippen molar-refractivity contribution in [2.24, 2.45) is 5.10 Å². The summed E-state index contributed by atoms with van der Waals surface area (Å²) in [6.45, 7) is 3.54. The molecule has 0 saturated carbocycles. The SMILES string of the molecule is Cc1cc(Cl)ccc1O[C@@H](C)C(=O)NN=C(c1ccccc1)c1ccccn1. The summed E-state index contributed by atoms with van der Waals surface area (Å²) < 4.78 is 5.75. The standard InChI is InChI=1S/C22H20ClN3O2/c1-15-14-18(23)11-12-20(15)28-16(2)22(27)26-25-21(17-8-4-3-5-9-17)19-10-6-7-13-24-19/h3-14,16H,1-2H3,(H,26,27)/t16-/m0/s1. The number of carbonyl (C=O) groups is 1. The maximum Gasteiger partial charge on any atom is 0.280 e. The second kappa shape index (κ2) is 9.15. The molecule has 1 atom stereocenters. The van der Waals surface area contributed by atoms with E-state index in [1.54, 1.807) is 31.3 Å². The first-order valence-electron chi connectivity index (χ1n) is 8.82. The third-order valence-corrected chi connectivity index (χ3v) is 4.28. The Bertz CT molecular complexity index is 934. The van der Waals surface area contributed by atoms with Gasteiger partial charge in [-0.25, -0.2) is 5.43 Å². The van der Waals surface area contributed by atoms with Crippen molar-refractivity contribution < 1.29 is 9.53 Å². The Morgan fingerprint density at radius 3 is 2.54 bits per heavy atom. The first kappa shape index (κ1) is 19.6. The molecule has 0 spiro atoms. The molecule has 1 heterocycles. The van der Waals surface area contributed by atoms with E-state index in [-0.39, 0.29) is 5.91 Å². The minimum atomic E-state index is -0.732. The van der Waals surface area contributed by atoms with Crippen molar-refractivity contribution in [1.82, 2.24) is 10.4 Å². The molecule has 3 rings (SSSR count). The number of aryl methyl sites for hydroxylation is 1. The van der Waals surface area contributed by atoms with E-state index in [4.69, 9.17) is 16.3 Å². The van der Waals surface area contributed by atoms with Crippen molar-refractivity contribution in [3.8, 4) is 5.75 Å². The van der Waals surface area contributed by atoms with Gasteiger partial charge < -0.3 is 4.74 Å². The first-order chi connectivity index (χ1) is 13.5. The van der Waals surface area contributed by atoms with E-state index in [9.17, 15) is 4.79 Å². The third-order valence-electron chi connectivity index (χ3n) is 4.04. The van der Waals surface area contributed by atoms with Gasteiger partial charge in [0.05, 0.1) is 5.69 Å². The number of rotatable bonds is 6. The van der Waals surface area contributed by atoms with Gasteiger partial charge in [0, 0.05) is 16.8 Å². The van der Waals surface area contributed by atoms with Gasteiger partial charge in [0.25, 0.3) is 5.91 Å². The molecule has 0 unspecified atom stereocenters. The van der Waals surface area contributed by atoms with Gasteiger partial charge in [-0.3, -0.25) is 9.78 Å². The zero-order valence-corrected chi connectivity index (χ0v) is 16.4. The van der Waals surface area contributed by atoms with E-state index in [0.717, 1.165) is 11.1 Å². The molecule has 6 heteroatoms. The number of carbonyl (C=O) groups excluding carboxylic acids is 1. The van der Waals surface area contributed by atoms with E-state index in [0.29, 0.717) is 22.2 Å². The molecule has 3 aromatic rings. The van der Waals surface area contributed by atoms with Crippen LogP contribution in [0.3, 0.4) is 0 Å². The van der Waals surface area contributed by atoms with E-state index < -0.39 is 6.10 Å². The highest BCUT2D eigenvalue weighted by Gasteiger charge is 2.16. The second-order valence-corrected chi connectivity index (χ2v) is 6.62. The molecule has 0 bridgehead atoms. The quantitative estimate of drug-likeness (QED) is 0.499. The fourth-order valence-electron chi connectivity index (χ4n) is 2.56. The Kier molecular flexibility index (Phi) is 6.40. The predicted molar refractivity (Wildman–Crippen MR) is 111 cm³/mol. The molecular formula is C22H20ClN3O2. The number of nitrogens with one attached hydrogen (secondary N) is 1. The van der Waals surface area contributed by atoms with Crippen molar-refractivity contribution >= 4 is 23.2 Å². The lowest BCUT2D eigenvalue weighted by atomic mass is 10.1. The summed E-state index contributed by atoms with van der Waals surface area (Å²) in [5.41, 5.74) is 5.53. The summed E-state index contributed by atoms with van der Waals surface area (Å²) in [5.74, 6) is 0.239. The molecule has 0 fully saturated rings. The molecule has 1 N–H and O–H groups in total. The van der Waals surface area contributed by atoms with Crippen LogP contribution in [0.4, 0.5) is 0 Å². The maximum atomic E-state index is 12.5. The lowest BCUT2D eigenvalue weighted by Crippen LogP contribution is -2.34. The van der Waals surface area contributed by atoms with Gasteiger partial charge in [0.15, 0.2) is 6.10 Å². The molecule has 28 heavy (non-hydrogen) atoms. The molecular weight excluding hydrogens is 374 g/mol. The van der Waals surface area contributed by atoms with Crippen LogP contribution in [0, 0.1) is 6.92 Å². The van der Waals surface area contributed by atoms with Crippen molar-refractivity contribution in [2.75, 3.05) is 0 Å². The lowest BCUT2D eigenvalue weighted by molar-refractivity contribution is -0.127. The number of hydrogen-bond donors (Lipinski definition) is 1. The summed E-state index contributed by atoms with van der Waals surface area (Å²) in [4.78, 5) is 16.8. The van der Waals surface area contributed by atoms with Crippen LogP contribution in [0.2, 0.25) is 5.02 Å². The Balaban J connectivity index is 1.77. The number of halogens is 1. The van der Waals surface area contributed by atoms with Gasteiger partial charge in [-0.05, 0) is 49.7 Å². The summed E-state index contributed by atoms with van der Waals surface area (Å²) in [5, 5.41) is 4.94. The third kappa shape index (κ3) is 4.96. The number of hydrogen-bond acceptors (Lipinski definition) is 4. The van der Waals surface area contributed by atoms with Crippen LogP contribution in [0.5, 0.6) is 5.75 Å². The zero-order chi connectivity index (χ0) is 19.9. The van der Waals surface area contributed by atoms with Gasteiger partial charge in [-0.2, -0.15) is 5.10 Å². The summed E-state index contributed by atoms with van der Waals surface area (Å²) in [6.07, 6.45) is 0.953. The summed E-state index contributed by atoms with van der Waals surface area (Å²) >= 11 is 5.96. The number of benzene rings is 2. The van der Waals surface area contributed by atoms with Crippen LogP contribution < -0.4 is 10.2 Å². The Morgan fingerprint density at radius 2 is 1.86 bits per heavy atom. The smallest absolute Gasteiger partial charge is 0.280 e. The molecule has 0 aliphatic carbocycles. The normalized spacial score (nSPS) is 12.3. The van der Waals surface area contributed by atoms with Crippen LogP contribution in [-0.2, 0) is 4.79 Å². The van der Waals surface area contributed by atoms with Crippen LogP contribution in [0.1, 0.15) is 23.7 Å². The largest absolute Gasteiger partial charge is 0.481 e. The monoisotopic (exact) mass is 393 g/mol.